The normalized spacial score (nSPS) is 15.1. The molecule has 32 heavy (non-hydrogen) atoms. The summed E-state index contributed by atoms with van der Waals surface area (Å²) in [5.41, 5.74) is 0.837. The summed E-state index contributed by atoms with van der Waals surface area (Å²) in [5.74, 6) is -0.530. The van der Waals surface area contributed by atoms with Crippen molar-refractivity contribution < 1.29 is 26.7 Å². The van der Waals surface area contributed by atoms with Crippen LogP contribution in [0, 0.1) is 11.6 Å². The molecule has 1 saturated heterocycles. The van der Waals surface area contributed by atoms with Crippen LogP contribution >= 0.6 is 11.3 Å². The number of hydrogen-bond acceptors (Lipinski definition) is 7. The van der Waals surface area contributed by atoms with Crippen LogP contribution in [0.15, 0.2) is 46.7 Å². The second-order valence-corrected chi connectivity index (χ2v) is 9.86. The van der Waals surface area contributed by atoms with Crippen molar-refractivity contribution >= 4 is 26.5 Å². The first-order valence-electron chi connectivity index (χ1n) is 9.71. The zero-order valence-corrected chi connectivity index (χ0v) is 19.0. The van der Waals surface area contributed by atoms with Crippen LogP contribution in [0.2, 0.25) is 0 Å². The Balaban J connectivity index is 1.47. The van der Waals surface area contributed by atoms with Gasteiger partial charge in [-0.05, 0) is 24.3 Å². The van der Waals surface area contributed by atoms with Gasteiger partial charge < -0.3 is 14.4 Å². The molecule has 2 heterocycles. The van der Waals surface area contributed by atoms with Gasteiger partial charge in [-0.3, -0.25) is 0 Å². The van der Waals surface area contributed by atoms with Gasteiger partial charge in [-0.15, -0.1) is 11.3 Å². The molecule has 1 aliphatic heterocycles. The standard InChI is InChI=1S/C21H21F2N3O4S2/c1-29-19-4-3-17(12-20(19)30-2)32(27,28)26-7-5-25(6-8-26)21-24-18(13-31-21)14-9-15(22)11-16(23)10-14/h3-4,9-13H,5-8H2,1-2H3. The number of anilines is 1. The van der Waals surface area contributed by atoms with E-state index in [1.807, 2.05) is 4.90 Å². The van der Waals surface area contributed by atoms with Crippen molar-refractivity contribution in [3.05, 3.63) is 53.4 Å². The average Bonchev–Trinajstić information content (AvgIpc) is 3.28. The maximum atomic E-state index is 13.5. The smallest absolute Gasteiger partial charge is 0.243 e. The Hall–Kier alpha value is -2.76. The number of sulfonamides is 1. The second kappa shape index (κ2) is 9.00. The number of methoxy groups -OCH3 is 2. The largest absolute Gasteiger partial charge is 0.493 e. The van der Waals surface area contributed by atoms with E-state index >= 15 is 0 Å². The number of hydrogen-bond donors (Lipinski definition) is 0. The van der Waals surface area contributed by atoms with Gasteiger partial charge in [0.25, 0.3) is 0 Å². The molecule has 1 fully saturated rings. The first-order chi connectivity index (χ1) is 15.3. The minimum atomic E-state index is -3.70. The summed E-state index contributed by atoms with van der Waals surface area (Å²) in [5, 5.41) is 2.41. The van der Waals surface area contributed by atoms with Gasteiger partial charge in [0.1, 0.15) is 11.6 Å². The molecule has 4 rings (SSSR count). The quantitative estimate of drug-likeness (QED) is 0.536. The summed E-state index contributed by atoms with van der Waals surface area (Å²) in [6.45, 7) is 1.44. The van der Waals surface area contributed by atoms with Crippen LogP contribution in [0.5, 0.6) is 11.5 Å². The van der Waals surface area contributed by atoms with Crippen LogP contribution in [-0.2, 0) is 10.0 Å². The Morgan fingerprint density at radius 2 is 1.59 bits per heavy atom. The predicted molar refractivity (Wildman–Crippen MR) is 118 cm³/mol. The van der Waals surface area contributed by atoms with Crippen LogP contribution in [0.3, 0.4) is 0 Å². The lowest BCUT2D eigenvalue weighted by molar-refractivity contribution is 0.353. The van der Waals surface area contributed by atoms with Gasteiger partial charge in [-0.25, -0.2) is 22.2 Å². The fourth-order valence-corrected chi connectivity index (χ4v) is 5.82. The van der Waals surface area contributed by atoms with Gasteiger partial charge in [-0.1, -0.05) is 0 Å². The molecule has 0 N–H and O–H groups in total. The Morgan fingerprint density at radius 3 is 2.22 bits per heavy atom. The number of rotatable bonds is 6. The Morgan fingerprint density at radius 1 is 0.938 bits per heavy atom. The monoisotopic (exact) mass is 481 g/mol. The van der Waals surface area contributed by atoms with Crippen molar-refractivity contribution in [2.75, 3.05) is 45.3 Å². The number of ether oxygens (including phenoxy) is 2. The number of aromatic nitrogens is 1. The third-order valence-corrected chi connectivity index (χ3v) is 7.95. The van der Waals surface area contributed by atoms with Gasteiger partial charge >= 0.3 is 0 Å². The maximum absolute atomic E-state index is 13.5. The molecule has 7 nitrogen and oxygen atoms in total. The lowest BCUT2D eigenvalue weighted by Crippen LogP contribution is -2.48. The van der Waals surface area contributed by atoms with Gasteiger partial charge in [0.05, 0.1) is 24.8 Å². The highest BCUT2D eigenvalue weighted by atomic mass is 32.2. The minimum Gasteiger partial charge on any atom is -0.493 e. The fraction of sp³-hybridized carbons (Fsp3) is 0.286. The highest BCUT2D eigenvalue weighted by molar-refractivity contribution is 7.89. The van der Waals surface area contributed by atoms with E-state index in [0.717, 1.165) is 6.07 Å². The molecule has 1 aliphatic rings. The Bertz CT molecular complexity index is 1210. The SMILES string of the molecule is COc1ccc(S(=O)(=O)N2CCN(c3nc(-c4cc(F)cc(F)c4)cs3)CC2)cc1OC. The molecule has 0 radical (unpaired) electrons. The molecule has 2 aromatic carbocycles. The van der Waals surface area contributed by atoms with E-state index in [-0.39, 0.29) is 18.0 Å². The highest BCUT2D eigenvalue weighted by Gasteiger charge is 2.30. The van der Waals surface area contributed by atoms with E-state index in [9.17, 15) is 17.2 Å². The molecular formula is C21H21F2N3O4S2. The van der Waals surface area contributed by atoms with Gasteiger partial charge in [-0.2, -0.15) is 4.31 Å². The van der Waals surface area contributed by atoms with Crippen LogP contribution in [0.25, 0.3) is 11.3 Å². The lowest BCUT2D eigenvalue weighted by atomic mass is 10.1. The number of piperazine rings is 1. The van der Waals surface area contributed by atoms with Gasteiger partial charge in [0, 0.05) is 49.3 Å². The summed E-state index contributed by atoms with van der Waals surface area (Å²) >= 11 is 1.35. The summed E-state index contributed by atoms with van der Waals surface area (Å²) in [4.78, 5) is 6.58. The van der Waals surface area contributed by atoms with Crippen LogP contribution in [-0.4, -0.2) is 58.1 Å². The van der Waals surface area contributed by atoms with E-state index in [1.165, 1.54) is 54.1 Å². The van der Waals surface area contributed by atoms with Gasteiger partial charge in [0.2, 0.25) is 10.0 Å². The molecule has 0 aliphatic carbocycles. The fourth-order valence-electron chi connectivity index (χ4n) is 3.49. The van der Waals surface area contributed by atoms with Crippen molar-refractivity contribution in [1.29, 1.82) is 0 Å². The topological polar surface area (TPSA) is 72.0 Å². The van der Waals surface area contributed by atoms with Crippen LogP contribution < -0.4 is 14.4 Å². The lowest BCUT2D eigenvalue weighted by Gasteiger charge is -2.33. The molecule has 0 bridgehead atoms. The highest BCUT2D eigenvalue weighted by Crippen LogP contribution is 2.32. The zero-order chi connectivity index (χ0) is 22.9. The number of thiazole rings is 1. The zero-order valence-electron chi connectivity index (χ0n) is 17.4. The van der Waals surface area contributed by atoms with Crippen molar-refractivity contribution in [3.63, 3.8) is 0 Å². The third-order valence-electron chi connectivity index (χ3n) is 5.15. The summed E-state index contributed by atoms with van der Waals surface area (Å²) in [6.07, 6.45) is 0. The van der Waals surface area contributed by atoms with Crippen molar-refractivity contribution in [1.82, 2.24) is 9.29 Å². The van der Waals surface area contributed by atoms with Crippen molar-refractivity contribution in [3.8, 4) is 22.8 Å². The average molecular weight is 482 g/mol. The number of benzene rings is 2. The molecule has 170 valence electrons. The molecule has 11 heteroatoms. The minimum absolute atomic E-state index is 0.133. The van der Waals surface area contributed by atoms with E-state index in [4.69, 9.17) is 9.47 Å². The molecular weight excluding hydrogens is 460 g/mol. The second-order valence-electron chi connectivity index (χ2n) is 7.08. The third kappa shape index (κ3) is 4.41. The summed E-state index contributed by atoms with van der Waals surface area (Å²) in [7, 11) is -0.764. The van der Waals surface area contributed by atoms with Crippen molar-refractivity contribution in [2.45, 2.75) is 4.90 Å². The van der Waals surface area contributed by atoms with E-state index in [0.29, 0.717) is 41.0 Å². The molecule has 1 aromatic heterocycles. The Kier molecular flexibility index (Phi) is 6.31. The molecule has 3 aromatic rings. The van der Waals surface area contributed by atoms with Gasteiger partial charge in [0.15, 0.2) is 16.6 Å². The molecule has 0 unspecified atom stereocenters. The molecule has 0 amide bonds. The number of halogens is 2. The predicted octanol–water partition coefficient (Wildman–Crippen LogP) is 3.62. The van der Waals surface area contributed by atoms with E-state index in [1.54, 1.807) is 11.4 Å². The maximum Gasteiger partial charge on any atom is 0.243 e. The first kappa shape index (κ1) is 22.4. The van der Waals surface area contributed by atoms with Crippen molar-refractivity contribution in [2.24, 2.45) is 0 Å². The molecule has 0 atom stereocenters. The van der Waals surface area contributed by atoms with E-state index < -0.39 is 21.7 Å². The number of nitrogens with zero attached hydrogens (tertiary/aromatic N) is 3. The summed E-state index contributed by atoms with van der Waals surface area (Å²) in [6, 6.07) is 7.79. The van der Waals surface area contributed by atoms with Crippen LogP contribution in [0.4, 0.5) is 13.9 Å². The Labute approximate surface area is 188 Å². The summed E-state index contributed by atoms with van der Waals surface area (Å²) < 4.78 is 65.0. The van der Waals surface area contributed by atoms with E-state index in [2.05, 4.69) is 4.98 Å². The van der Waals surface area contributed by atoms with Crippen LogP contribution in [0.1, 0.15) is 0 Å². The molecule has 0 spiro atoms. The molecule has 0 saturated carbocycles. The first-order valence-corrected chi connectivity index (χ1v) is 12.0.